The highest BCUT2D eigenvalue weighted by molar-refractivity contribution is 7.90. The number of sulfone groups is 1. The van der Waals surface area contributed by atoms with Crippen LogP contribution < -0.4 is 10.9 Å². The van der Waals surface area contributed by atoms with Gasteiger partial charge in [-0.05, 0) is 36.8 Å². The molecule has 1 N–H and O–H groups in total. The van der Waals surface area contributed by atoms with Gasteiger partial charge in [-0.15, -0.1) is 0 Å². The van der Waals surface area contributed by atoms with Crippen LogP contribution in [-0.2, 0) is 21.2 Å². The van der Waals surface area contributed by atoms with E-state index in [0.29, 0.717) is 10.9 Å². The topological polar surface area (TPSA) is 98.1 Å². The molecule has 3 rings (SSSR count). The van der Waals surface area contributed by atoms with E-state index in [1.165, 1.54) is 6.33 Å². The number of aryl methyl sites for hydroxylation is 1. The highest BCUT2D eigenvalue weighted by atomic mass is 32.2. The van der Waals surface area contributed by atoms with Crippen LogP contribution in [0.2, 0.25) is 0 Å². The Morgan fingerprint density at radius 2 is 2.00 bits per heavy atom. The fourth-order valence-electron chi connectivity index (χ4n) is 2.63. The zero-order chi connectivity index (χ0) is 19.8. The van der Waals surface area contributed by atoms with E-state index in [1.807, 2.05) is 13.0 Å². The van der Waals surface area contributed by atoms with Crippen LogP contribution in [0.1, 0.15) is 5.56 Å². The van der Waals surface area contributed by atoms with Crippen molar-refractivity contribution in [2.45, 2.75) is 18.4 Å². The Balaban J connectivity index is 1.88. The molecule has 0 aliphatic carbocycles. The Hall–Kier alpha value is -3.07. The number of halogens is 1. The molecule has 0 fully saturated rings. The van der Waals surface area contributed by atoms with E-state index in [1.54, 1.807) is 12.1 Å². The Labute approximate surface area is 154 Å². The van der Waals surface area contributed by atoms with Gasteiger partial charge in [-0.2, -0.15) is 0 Å². The third kappa shape index (κ3) is 3.87. The molecule has 0 saturated heterocycles. The minimum Gasteiger partial charge on any atom is -0.322 e. The van der Waals surface area contributed by atoms with Crippen molar-refractivity contribution in [3.63, 3.8) is 0 Å². The molecule has 0 unspecified atom stereocenters. The van der Waals surface area contributed by atoms with E-state index in [9.17, 15) is 22.4 Å². The number of nitrogens with zero attached hydrogens (tertiary/aromatic N) is 2. The number of hydrogen-bond donors (Lipinski definition) is 1. The largest absolute Gasteiger partial charge is 0.322 e. The number of para-hydroxylation sites is 1. The van der Waals surface area contributed by atoms with E-state index in [4.69, 9.17) is 0 Å². The summed E-state index contributed by atoms with van der Waals surface area (Å²) in [7, 11) is -3.56. The van der Waals surface area contributed by atoms with Crippen molar-refractivity contribution in [2.75, 3.05) is 11.6 Å². The molecule has 0 saturated carbocycles. The summed E-state index contributed by atoms with van der Waals surface area (Å²) in [6, 6.07) is 8.26. The van der Waals surface area contributed by atoms with Crippen molar-refractivity contribution in [1.82, 2.24) is 9.55 Å². The minimum absolute atomic E-state index is 0.126. The summed E-state index contributed by atoms with van der Waals surface area (Å²) >= 11 is 0. The van der Waals surface area contributed by atoms with Gasteiger partial charge in [0.05, 0.1) is 27.8 Å². The van der Waals surface area contributed by atoms with Gasteiger partial charge in [0, 0.05) is 6.26 Å². The van der Waals surface area contributed by atoms with Gasteiger partial charge < -0.3 is 5.32 Å². The summed E-state index contributed by atoms with van der Waals surface area (Å²) in [5, 5.41) is 2.66. The van der Waals surface area contributed by atoms with Crippen molar-refractivity contribution in [2.24, 2.45) is 0 Å². The second-order valence-electron chi connectivity index (χ2n) is 6.11. The fourth-order valence-corrected chi connectivity index (χ4v) is 3.27. The van der Waals surface area contributed by atoms with Gasteiger partial charge in [0.25, 0.3) is 5.56 Å². The van der Waals surface area contributed by atoms with E-state index in [-0.39, 0.29) is 10.6 Å². The van der Waals surface area contributed by atoms with Crippen LogP contribution in [0, 0.1) is 12.7 Å². The minimum atomic E-state index is -3.56. The lowest BCUT2D eigenvalue weighted by molar-refractivity contribution is -0.116. The molecule has 0 atom stereocenters. The molecular formula is C18H16FN3O4S. The predicted octanol–water partition coefficient (Wildman–Crippen LogP) is 1.89. The Morgan fingerprint density at radius 1 is 1.26 bits per heavy atom. The average Bonchev–Trinajstić information content (AvgIpc) is 2.59. The molecule has 7 nitrogen and oxygen atoms in total. The SMILES string of the molecule is Cc1cccc2c(=O)n(CC(=O)Nc3cc(S(C)(=O)=O)ccc3F)cnc12. The number of nitrogens with one attached hydrogen (secondary N) is 1. The molecule has 0 radical (unpaired) electrons. The highest BCUT2D eigenvalue weighted by Crippen LogP contribution is 2.19. The first kappa shape index (κ1) is 18.7. The Bertz CT molecular complexity index is 1220. The zero-order valence-corrected chi connectivity index (χ0v) is 15.4. The van der Waals surface area contributed by atoms with Gasteiger partial charge >= 0.3 is 0 Å². The first-order valence-corrected chi connectivity index (χ1v) is 9.80. The number of amides is 1. The third-order valence-electron chi connectivity index (χ3n) is 4.01. The molecule has 9 heteroatoms. The molecule has 0 aliphatic rings. The van der Waals surface area contributed by atoms with Crippen LogP contribution >= 0.6 is 0 Å². The van der Waals surface area contributed by atoms with Gasteiger partial charge in [-0.1, -0.05) is 12.1 Å². The number of aromatic nitrogens is 2. The Morgan fingerprint density at radius 3 is 2.70 bits per heavy atom. The van der Waals surface area contributed by atoms with Crippen molar-refractivity contribution in [3.8, 4) is 0 Å². The molecule has 3 aromatic rings. The lowest BCUT2D eigenvalue weighted by Gasteiger charge is -2.10. The first-order valence-electron chi connectivity index (χ1n) is 7.91. The molecule has 27 heavy (non-hydrogen) atoms. The Kier molecular flexibility index (Phi) is 4.79. The summed E-state index contributed by atoms with van der Waals surface area (Å²) in [5.74, 6) is -1.47. The van der Waals surface area contributed by atoms with Crippen LogP contribution in [-0.4, -0.2) is 30.1 Å². The van der Waals surface area contributed by atoms with E-state index >= 15 is 0 Å². The zero-order valence-electron chi connectivity index (χ0n) is 14.6. The molecule has 0 spiro atoms. The molecule has 2 aromatic carbocycles. The summed E-state index contributed by atoms with van der Waals surface area (Å²) in [5.41, 5.74) is 0.705. The van der Waals surface area contributed by atoms with E-state index in [2.05, 4.69) is 10.3 Å². The van der Waals surface area contributed by atoms with Gasteiger partial charge in [0.1, 0.15) is 12.4 Å². The quantitative estimate of drug-likeness (QED) is 0.687. The number of rotatable bonds is 4. The lowest BCUT2D eigenvalue weighted by Crippen LogP contribution is -2.28. The van der Waals surface area contributed by atoms with E-state index in [0.717, 1.165) is 34.6 Å². The fraction of sp³-hybridized carbons (Fsp3) is 0.167. The summed E-state index contributed by atoms with van der Waals surface area (Å²) < 4.78 is 38.2. The lowest BCUT2D eigenvalue weighted by atomic mass is 10.1. The molecule has 0 aliphatic heterocycles. The van der Waals surface area contributed by atoms with Crippen LogP contribution in [0.3, 0.4) is 0 Å². The maximum Gasteiger partial charge on any atom is 0.261 e. The third-order valence-corrected chi connectivity index (χ3v) is 5.12. The maximum atomic E-state index is 13.9. The molecule has 1 aromatic heterocycles. The molecule has 0 bridgehead atoms. The number of benzene rings is 2. The monoisotopic (exact) mass is 389 g/mol. The number of carbonyl (C=O) groups is 1. The summed E-state index contributed by atoms with van der Waals surface area (Å²) in [6.45, 7) is 1.43. The van der Waals surface area contributed by atoms with Crippen LogP contribution in [0.25, 0.3) is 10.9 Å². The van der Waals surface area contributed by atoms with Gasteiger partial charge in [0.2, 0.25) is 5.91 Å². The molecule has 140 valence electrons. The predicted molar refractivity (Wildman–Crippen MR) is 98.9 cm³/mol. The normalized spacial score (nSPS) is 11.5. The maximum absolute atomic E-state index is 13.9. The number of fused-ring (bicyclic) bond motifs is 1. The summed E-state index contributed by atoms with van der Waals surface area (Å²) in [6.07, 6.45) is 2.23. The van der Waals surface area contributed by atoms with E-state index < -0.39 is 33.7 Å². The van der Waals surface area contributed by atoms with Crippen molar-refractivity contribution in [3.05, 3.63) is 64.5 Å². The van der Waals surface area contributed by atoms with Crippen molar-refractivity contribution >= 4 is 32.3 Å². The molecule has 1 heterocycles. The second-order valence-corrected chi connectivity index (χ2v) is 8.13. The van der Waals surface area contributed by atoms with Gasteiger partial charge in [-0.3, -0.25) is 14.2 Å². The van der Waals surface area contributed by atoms with Crippen LogP contribution in [0.4, 0.5) is 10.1 Å². The van der Waals surface area contributed by atoms with Gasteiger partial charge in [-0.25, -0.2) is 17.8 Å². The van der Waals surface area contributed by atoms with Gasteiger partial charge in [0.15, 0.2) is 9.84 Å². The summed E-state index contributed by atoms with van der Waals surface area (Å²) in [4.78, 5) is 28.8. The number of hydrogen-bond acceptors (Lipinski definition) is 5. The van der Waals surface area contributed by atoms with Crippen molar-refractivity contribution in [1.29, 1.82) is 0 Å². The van der Waals surface area contributed by atoms with Crippen molar-refractivity contribution < 1.29 is 17.6 Å². The smallest absolute Gasteiger partial charge is 0.261 e. The van der Waals surface area contributed by atoms with Crippen LogP contribution in [0.5, 0.6) is 0 Å². The number of anilines is 1. The number of carbonyl (C=O) groups excluding carboxylic acids is 1. The highest BCUT2D eigenvalue weighted by Gasteiger charge is 2.14. The molecule has 1 amide bonds. The second kappa shape index (κ2) is 6.92. The van der Waals surface area contributed by atoms with Crippen LogP contribution in [0.15, 0.2) is 52.4 Å². The average molecular weight is 389 g/mol. The molecular weight excluding hydrogens is 373 g/mol. The first-order chi connectivity index (χ1) is 12.7. The standard InChI is InChI=1S/C18H16FN3O4S/c1-11-4-3-5-13-17(11)20-10-22(18(13)24)9-16(23)21-15-8-12(27(2,25)26)6-7-14(15)19/h3-8,10H,9H2,1-2H3,(H,21,23).